The van der Waals surface area contributed by atoms with Crippen molar-refractivity contribution in [1.29, 1.82) is 0 Å². The maximum absolute atomic E-state index is 13.4. The molecule has 1 aliphatic heterocycles. The van der Waals surface area contributed by atoms with Crippen molar-refractivity contribution in [3.05, 3.63) is 41.9 Å². The number of amides is 1. The fourth-order valence-corrected chi connectivity index (χ4v) is 5.28. The number of carbonyl (C=O) groups excluding carboxylic acids is 1. The van der Waals surface area contributed by atoms with Crippen LogP contribution in [0.15, 0.2) is 35.5 Å². The molecule has 1 atom stereocenters. The van der Waals surface area contributed by atoms with E-state index in [0.29, 0.717) is 23.1 Å². The number of pyridine rings is 1. The van der Waals surface area contributed by atoms with Crippen LogP contribution >= 0.6 is 11.9 Å². The Labute approximate surface area is 226 Å². The second kappa shape index (κ2) is 10.6. The molecule has 0 radical (unpaired) electrons. The minimum absolute atomic E-state index is 0.173. The first-order chi connectivity index (χ1) is 17.8. The van der Waals surface area contributed by atoms with Crippen LogP contribution in [0, 0.1) is 12.8 Å². The third-order valence-corrected chi connectivity index (χ3v) is 7.55. The molecule has 3 aromatic rings. The number of halogens is 2. The number of aryl methyl sites for hydroxylation is 2. The summed E-state index contributed by atoms with van der Waals surface area (Å²) in [6.45, 7) is 11.8. The minimum Gasteiger partial charge on any atom is -0.477 e. The molecule has 4 heterocycles. The number of nitrogens with zero attached hydrogens (tertiary/aromatic N) is 6. The van der Waals surface area contributed by atoms with E-state index in [2.05, 4.69) is 40.6 Å². The van der Waals surface area contributed by atoms with Crippen LogP contribution in [0.4, 0.5) is 14.4 Å². The summed E-state index contributed by atoms with van der Waals surface area (Å²) in [4.78, 5) is 21.3. The Morgan fingerprint density at radius 2 is 2.03 bits per heavy atom. The molecule has 38 heavy (non-hydrogen) atoms. The van der Waals surface area contributed by atoms with Gasteiger partial charge in [0.25, 0.3) is 5.91 Å². The molecule has 9 nitrogen and oxygen atoms in total. The first-order valence-electron chi connectivity index (χ1n) is 12.5. The highest BCUT2D eigenvalue weighted by molar-refractivity contribution is 7.98. The molecule has 204 valence electrons. The van der Waals surface area contributed by atoms with E-state index in [1.54, 1.807) is 29.1 Å². The van der Waals surface area contributed by atoms with Gasteiger partial charge in [-0.25, -0.2) is 9.67 Å². The highest BCUT2D eigenvalue weighted by Gasteiger charge is 2.39. The van der Waals surface area contributed by atoms with Crippen LogP contribution in [0.3, 0.4) is 0 Å². The number of hydrogen-bond donors (Lipinski definition) is 1. The highest BCUT2D eigenvalue weighted by atomic mass is 32.2. The topological polar surface area (TPSA) is 90.1 Å². The van der Waals surface area contributed by atoms with Gasteiger partial charge in [-0.15, -0.1) is 5.10 Å². The zero-order valence-electron chi connectivity index (χ0n) is 22.8. The zero-order valence-corrected chi connectivity index (χ0v) is 23.6. The van der Waals surface area contributed by atoms with Gasteiger partial charge in [0.1, 0.15) is 5.82 Å². The van der Waals surface area contributed by atoms with E-state index in [1.807, 2.05) is 20.2 Å². The maximum atomic E-state index is 13.4. The largest absolute Gasteiger partial charge is 0.547 e. The standard InChI is InChI=1S/C25H34BF2N7O2S/c1-16-12-25(5,6)34(13-16)22-18(23(36)32-38-19-14-33(7)30-17(19)2)8-9-20(29-22)35-11-10-21(31-35)37-15-24(3,4)26(27)28/h8-11,14,16H,12-13,15H2,1-7H3,(H,32,36). The number of rotatable bonds is 9. The van der Waals surface area contributed by atoms with Crippen molar-refractivity contribution in [3.63, 3.8) is 0 Å². The fraction of sp³-hybridized carbons (Fsp3) is 0.520. The lowest BCUT2D eigenvalue weighted by Crippen LogP contribution is -2.40. The molecule has 1 unspecified atom stereocenters. The summed E-state index contributed by atoms with van der Waals surface area (Å²) in [6, 6.07) is 5.06. The predicted octanol–water partition coefficient (Wildman–Crippen LogP) is 4.96. The summed E-state index contributed by atoms with van der Waals surface area (Å²) in [5.74, 6) is 1.45. The van der Waals surface area contributed by atoms with Gasteiger partial charge >= 0.3 is 7.27 Å². The molecular weight excluding hydrogens is 511 g/mol. The maximum Gasteiger partial charge on any atom is 0.547 e. The first kappa shape index (κ1) is 27.9. The molecule has 0 aromatic carbocycles. The minimum atomic E-state index is -2.51. The van der Waals surface area contributed by atoms with Gasteiger partial charge in [-0.1, -0.05) is 20.8 Å². The molecule has 1 fully saturated rings. The lowest BCUT2D eigenvalue weighted by Gasteiger charge is -2.34. The Morgan fingerprint density at radius 1 is 1.29 bits per heavy atom. The molecule has 0 aliphatic carbocycles. The van der Waals surface area contributed by atoms with Gasteiger partial charge in [0.05, 0.1) is 22.8 Å². The van der Waals surface area contributed by atoms with Crippen LogP contribution in [0.5, 0.6) is 5.88 Å². The van der Waals surface area contributed by atoms with Crippen LogP contribution < -0.4 is 14.4 Å². The number of carbonyl (C=O) groups is 1. The van der Waals surface area contributed by atoms with E-state index < -0.39 is 12.6 Å². The van der Waals surface area contributed by atoms with Crippen LogP contribution in [0.1, 0.15) is 57.1 Å². The Kier molecular flexibility index (Phi) is 7.78. The number of aromatic nitrogens is 5. The normalized spacial score (nSPS) is 17.1. The van der Waals surface area contributed by atoms with Crippen molar-refractivity contribution in [2.75, 3.05) is 18.1 Å². The average molecular weight is 545 g/mol. The number of anilines is 1. The van der Waals surface area contributed by atoms with Crippen molar-refractivity contribution in [2.45, 2.75) is 63.7 Å². The molecule has 13 heteroatoms. The van der Waals surface area contributed by atoms with E-state index in [4.69, 9.17) is 9.72 Å². The molecule has 1 N–H and O–H groups in total. The smallest absolute Gasteiger partial charge is 0.477 e. The second-order valence-electron chi connectivity index (χ2n) is 11.2. The van der Waals surface area contributed by atoms with Crippen molar-refractivity contribution in [1.82, 2.24) is 29.3 Å². The molecule has 0 bridgehead atoms. The quantitative estimate of drug-likeness (QED) is 0.300. The molecule has 3 aromatic heterocycles. The predicted molar refractivity (Wildman–Crippen MR) is 145 cm³/mol. The van der Waals surface area contributed by atoms with Gasteiger partial charge in [-0.3, -0.25) is 22.8 Å². The number of nitrogens with one attached hydrogen (secondary N) is 1. The van der Waals surface area contributed by atoms with Crippen LogP contribution in [-0.4, -0.2) is 56.4 Å². The van der Waals surface area contributed by atoms with Gasteiger partial charge in [0.15, 0.2) is 5.82 Å². The SMILES string of the molecule is Cc1nn(C)cc1SNC(=O)c1ccc(-n2ccc(OCC(C)(C)B(F)F)n2)nc1N1CC(C)CC1(C)C. The highest BCUT2D eigenvalue weighted by Crippen LogP contribution is 2.38. The lowest BCUT2D eigenvalue weighted by atomic mass is 9.65. The first-order valence-corrected chi connectivity index (χ1v) is 13.3. The van der Waals surface area contributed by atoms with E-state index in [9.17, 15) is 13.4 Å². The van der Waals surface area contributed by atoms with Gasteiger partial charge in [0, 0.05) is 42.9 Å². The van der Waals surface area contributed by atoms with E-state index >= 15 is 0 Å². The van der Waals surface area contributed by atoms with Crippen LogP contribution in [-0.2, 0) is 7.05 Å². The summed E-state index contributed by atoms with van der Waals surface area (Å²) >= 11 is 1.22. The molecule has 0 spiro atoms. The summed E-state index contributed by atoms with van der Waals surface area (Å²) in [6.07, 6.45) is 4.48. The van der Waals surface area contributed by atoms with Gasteiger partial charge in [-0.05, 0) is 57.2 Å². The van der Waals surface area contributed by atoms with Crippen molar-refractivity contribution in [3.8, 4) is 11.7 Å². The van der Waals surface area contributed by atoms with E-state index in [-0.39, 0.29) is 23.9 Å². The lowest BCUT2D eigenvalue weighted by molar-refractivity contribution is 0.0984. The van der Waals surface area contributed by atoms with E-state index in [1.165, 1.54) is 30.5 Å². The molecule has 1 amide bonds. The fourth-order valence-electron chi connectivity index (χ4n) is 4.58. The van der Waals surface area contributed by atoms with Crippen LogP contribution in [0.25, 0.3) is 5.82 Å². The van der Waals surface area contributed by atoms with Crippen molar-refractivity contribution in [2.24, 2.45) is 13.0 Å². The molecule has 4 rings (SSSR count). The zero-order chi connectivity index (χ0) is 27.8. The van der Waals surface area contributed by atoms with Gasteiger partial charge in [0.2, 0.25) is 5.88 Å². The summed E-state index contributed by atoms with van der Waals surface area (Å²) < 4.78 is 38.1. The molecule has 1 aliphatic rings. The van der Waals surface area contributed by atoms with Crippen LogP contribution in [0.2, 0.25) is 5.31 Å². The average Bonchev–Trinajstić information content (AvgIpc) is 3.51. The van der Waals surface area contributed by atoms with Crippen molar-refractivity contribution >= 4 is 30.9 Å². The summed E-state index contributed by atoms with van der Waals surface area (Å²) in [5, 5.41) is 7.40. The molecule has 0 saturated carbocycles. The monoisotopic (exact) mass is 545 g/mol. The molecular formula is C25H34BF2N7O2S. The third-order valence-electron chi connectivity index (χ3n) is 6.64. The number of hydrogen-bond acceptors (Lipinski definition) is 7. The third kappa shape index (κ3) is 5.97. The second-order valence-corrected chi connectivity index (χ2v) is 12.1. The molecule has 1 saturated heterocycles. The van der Waals surface area contributed by atoms with Gasteiger partial charge < -0.3 is 9.64 Å². The van der Waals surface area contributed by atoms with E-state index in [0.717, 1.165) is 23.6 Å². The number of ether oxygens (including phenoxy) is 1. The Morgan fingerprint density at radius 3 is 2.63 bits per heavy atom. The van der Waals surface area contributed by atoms with Gasteiger partial charge in [-0.2, -0.15) is 5.10 Å². The Hall–Kier alpha value is -3.09. The Balaban J connectivity index is 1.62. The Bertz CT molecular complexity index is 1310. The summed E-state index contributed by atoms with van der Waals surface area (Å²) in [5.41, 5.74) is 1.08. The van der Waals surface area contributed by atoms with Crippen molar-refractivity contribution < 1.29 is 18.2 Å². The summed E-state index contributed by atoms with van der Waals surface area (Å²) in [7, 11) is -0.680.